The smallest absolute Gasteiger partial charge is 0.233 e. The van der Waals surface area contributed by atoms with Gasteiger partial charge in [-0.1, -0.05) is 24.4 Å². The fraction of sp³-hybridized carbons (Fsp3) is 0.611. The number of hydrogen-bond donors (Lipinski definition) is 1. The lowest BCUT2D eigenvalue weighted by Gasteiger charge is -2.19. The Labute approximate surface area is 149 Å². The predicted octanol–water partition coefficient (Wildman–Crippen LogP) is 4.20. The molecule has 1 heterocycles. The van der Waals surface area contributed by atoms with Gasteiger partial charge in [0, 0.05) is 16.5 Å². The summed E-state index contributed by atoms with van der Waals surface area (Å²) in [6.45, 7) is 6.25. The van der Waals surface area contributed by atoms with E-state index in [0.29, 0.717) is 0 Å². The molecule has 1 saturated heterocycles. The molecule has 1 fully saturated rings. The monoisotopic (exact) mass is 354 g/mol. The van der Waals surface area contributed by atoms with Crippen LogP contribution in [0.15, 0.2) is 29.2 Å². The molecule has 1 aromatic carbocycles. The lowest BCUT2D eigenvalue weighted by Crippen LogP contribution is -2.34. The summed E-state index contributed by atoms with van der Waals surface area (Å²) in [7, 11) is 0. The van der Waals surface area contributed by atoms with Crippen LogP contribution in [0, 0.1) is 0 Å². The maximum absolute atomic E-state index is 12.1. The van der Waals surface area contributed by atoms with E-state index in [1.165, 1.54) is 38.8 Å². The van der Waals surface area contributed by atoms with Crippen LogP contribution in [-0.4, -0.2) is 42.2 Å². The van der Waals surface area contributed by atoms with E-state index in [9.17, 15) is 4.79 Å². The zero-order chi connectivity index (χ0) is 16.5. The molecule has 0 aromatic heterocycles. The number of carbonyl (C=O) groups excluding carboxylic acids is 1. The Morgan fingerprint density at radius 3 is 2.52 bits per heavy atom. The van der Waals surface area contributed by atoms with Crippen molar-refractivity contribution < 1.29 is 4.79 Å². The number of benzene rings is 1. The molecule has 1 N–H and O–H groups in total. The fourth-order valence-electron chi connectivity index (χ4n) is 2.79. The summed E-state index contributed by atoms with van der Waals surface area (Å²) in [5.74, 6) is 0.112. The predicted molar refractivity (Wildman–Crippen MR) is 99.3 cm³/mol. The van der Waals surface area contributed by atoms with E-state index in [1.807, 2.05) is 31.2 Å². The van der Waals surface area contributed by atoms with Crippen molar-refractivity contribution in [3.8, 4) is 0 Å². The third-order valence-electron chi connectivity index (χ3n) is 4.14. The molecule has 1 aliphatic rings. The minimum absolute atomic E-state index is 0.0886. The van der Waals surface area contributed by atoms with E-state index >= 15 is 0 Å². The van der Waals surface area contributed by atoms with Gasteiger partial charge in [-0.05, 0) is 70.1 Å². The number of likely N-dealkylation sites (tertiary alicyclic amines) is 1. The van der Waals surface area contributed by atoms with E-state index in [1.54, 1.807) is 11.8 Å². The minimum atomic E-state index is -0.0886. The van der Waals surface area contributed by atoms with Gasteiger partial charge in [0.2, 0.25) is 5.91 Å². The second-order valence-corrected chi connectivity index (χ2v) is 7.97. The van der Waals surface area contributed by atoms with Crippen molar-refractivity contribution in [2.24, 2.45) is 0 Å². The maximum Gasteiger partial charge on any atom is 0.233 e. The molecule has 1 aromatic rings. The maximum atomic E-state index is 12.1. The van der Waals surface area contributed by atoms with Crippen LogP contribution in [0.1, 0.15) is 39.0 Å². The average Bonchev–Trinajstić information content (AvgIpc) is 2.82. The Hall–Kier alpha value is -0.710. The molecule has 128 valence electrons. The molecule has 0 saturated carbocycles. The molecule has 2 rings (SSSR count). The van der Waals surface area contributed by atoms with Gasteiger partial charge in [-0.15, -0.1) is 11.8 Å². The van der Waals surface area contributed by atoms with Crippen molar-refractivity contribution in [1.82, 2.24) is 10.2 Å². The Morgan fingerprint density at radius 1 is 1.22 bits per heavy atom. The lowest BCUT2D eigenvalue weighted by molar-refractivity contribution is -0.120. The summed E-state index contributed by atoms with van der Waals surface area (Å²) in [6, 6.07) is 7.62. The first-order valence-corrected chi connectivity index (χ1v) is 9.83. The topological polar surface area (TPSA) is 32.3 Å². The largest absolute Gasteiger partial charge is 0.355 e. The lowest BCUT2D eigenvalue weighted by atomic mass is 10.2. The minimum Gasteiger partial charge on any atom is -0.355 e. The molecule has 1 atom stereocenters. The highest BCUT2D eigenvalue weighted by atomic mass is 35.5. The van der Waals surface area contributed by atoms with Gasteiger partial charge in [-0.25, -0.2) is 0 Å². The quantitative estimate of drug-likeness (QED) is 0.588. The van der Waals surface area contributed by atoms with Gasteiger partial charge >= 0.3 is 0 Å². The number of hydrogen-bond acceptors (Lipinski definition) is 3. The molecule has 0 aliphatic carbocycles. The van der Waals surface area contributed by atoms with E-state index in [0.717, 1.165) is 29.4 Å². The highest BCUT2D eigenvalue weighted by Gasteiger charge is 2.14. The van der Waals surface area contributed by atoms with E-state index < -0.39 is 0 Å². The molecule has 1 aliphatic heterocycles. The first kappa shape index (κ1) is 18.6. The Balaban J connectivity index is 1.62. The molecular formula is C18H27ClN2OS. The third kappa shape index (κ3) is 7.15. The average molecular weight is 355 g/mol. The molecule has 23 heavy (non-hydrogen) atoms. The first-order valence-electron chi connectivity index (χ1n) is 8.57. The van der Waals surface area contributed by atoms with Crippen molar-refractivity contribution in [3.05, 3.63) is 29.3 Å². The summed E-state index contributed by atoms with van der Waals surface area (Å²) in [6.07, 6.45) is 6.41. The van der Waals surface area contributed by atoms with Gasteiger partial charge in [0.05, 0.1) is 5.25 Å². The first-order chi connectivity index (χ1) is 11.1. The highest BCUT2D eigenvalue weighted by Crippen LogP contribution is 2.24. The van der Waals surface area contributed by atoms with Gasteiger partial charge in [0.25, 0.3) is 0 Å². The van der Waals surface area contributed by atoms with Crippen LogP contribution in [0.2, 0.25) is 5.02 Å². The van der Waals surface area contributed by atoms with Crippen LogP contribution in [0.25, 0.3) is 0 Å². The summed E-state index contributed by atoms with van der Waals surface area (Å²) in [4.78, 5) is 15.8. The SMILES string of the molecule is C[C@H](Sc1ccc(Cl)cc1)C(=O)NCCCN1CCCCCC1. The zero-order valence-corrected chi connectivity index (χ0v) is 15.5. The van der Waals surface area contributed by atoms with E-state index in [2.05, 4.69) is 10.2 Å². The van der Waals surface area contributed by atoms with Gasteiger partial charge in [-0.2, -0.15) is 0 Å². The van der Waals surface area contributed by atoms with Crippen molar-refractivity contribution in [1.29, 1.82) is 0 Å². The van der Waals surface area contributed by atoms with Gasteiger partial charge in [0.15, 0.2) is 0 Å². The van der Waals surface area contributed by atoms with Crippen molar-refractivity contribution >= 4 is 29.3 Å². The normalized spacial score (nSPS) is 17.5. The molecule has 0 unspecified atom stereocenters. The molecule has 0 spiro atoms. The molecule has 1 amide bonds. The van der Waals surface area contributed by atoms with Crippen LogP contribution >= 0.6 is 23.4 Å². The number of amides is 1. The number of halogens is 1. The fourth-order valence-corrected chi connectivity index (χ4v) is 3.81. The van der Waals surface area contributed by atoms with Crippen LogP contribution in [0.4, 0.5) is 0 Å². The molecule has 0 bridgehead atoms. The van der Waals surface area contributed by atoms with Crippen LogP contribution < -0.4 is 5.32 Å². The number of carbonyl (C=O) groups is 1. The van der Waals surface area contributed by atoms with Crippen LogP contribution in [0.5, 0.6) is 0 Å². The number of thioether (sulfide) groups is 1. The second kappa shape index (κ2) is 10.2. The van der Waals surface area contributed by atoms with E-state index in [4.69, 9.17) is 11.6 Å². The van der Waals surface area contributed by atoms with Crippen molar-refractivity contribution in [2.45, 2.75) is 49.2 Å². The number of rotatable bonds is 7. The third-order valence-corrected chi connectivity index (χ3v) is 5.51. The second-order valence-electron chi connectivity index (χ2n) is 6.11. The Morgan fingerprint density at radius 2 is 1.87 bits per heavy atom. The molecule has 5 heteroatoms. The van der Waals surface area contributed by atoms with Crippen molar-refractivity contribution in [3.63, 3.8) is 0 Å². The van der Waals surface area contributed by atoms with Crippen LogP contribution in [-0.2, 0) is 4.79 Å². The Bertz CT molecular complexity index is 472. The summed E-state index contributed by atoms with van der Waals surface area (Å²) >= 11 is 7.45. The van der Waals surface area contributed by atoms with Gasteiger partial charge < -0.3 is 10.2 Å². The van der Waals surface area contributed by atoms with E-state index in [-0.39, 0.29) is 11.2 Å². The van der Waals surface area contributed by atoms with Crippen LogP contribution in [0.3, 0.4) is 0 Å². The standard InChI is InChI=1S/C18H27ClN2OS/c1-15(23-17-9-7-16(19)8-10-17)18(22)20-11-6-14-21-12-4-2-3-5-13-21/h7-10,15H,2-6,11-14H2,1H3,(H,20,22)/t15-/m0/s1. The number of nitrogens with zero attached hydrogens (tertiary/aromatic N) is 1. The summed E-state index contributed by atoms with van der Waals surface area (Å²) < 4.78 is 0. The number of nitrogens with one attached hydrogen (secondary N) is 1. The zero-order valence-electron chi connectivity index (χ0n) is 13.9. The summed E-state index contributed by atoms with van der Waals surface area (Å²) in [5, 5.41) is 3.69. The molecular weight excluding hydrogens is 328 g/mol. The molecule has 0 radical (unpaired) electrons. The molecule has 3 nitrogen and oxygen atoms in total. The highest BCUT2D eigenvalue weighted by molar-refractivity contribution is 8.00. The van der Waals surface area contributed by atoms with Gasteiger partial charge in [0.1, 0.15) is 0 Å². The van der Waals surface area contributed by atoms with Crippen molar-refractivity contribution in [2.75, 3.05) is 26.2 Å². The summed E-state index contributed by atoms with van der Waals surface area (Å²) in [5.41, 5.74) is 0. The Kier molecular flexibility index (Phi) is 8.27. The van der Waals surface area contributed by atoms with Gasteiger partial charge in [-0.3, -0.25) is 4.79 Å².